The first-order valence-corrected chi connectivity index (χ1v) is 12.5. The molecule has 0 spiro atoms. The molecule has 2 heterocycles. The van der Waals surface area contributed by atoms with Crippen molar-refractivity contribution in [3.05, 3.63) is 65.7 Å². The van der Waals surface area contributed by atoms with E-state index in [0.717, 1.165) is 38.9 Å². The van der Waals surface area contributed by atoms with Gasteiger partial charge in [0, 0.05) is 44.3 Å². The van der Waals surface area contributed by atoms with E-state index in [1.165, 1.54) is 5.56 Å². The van der Waals surface area contributed by atoms with E-state index in [9.17, 15) is 13.2 Å². The average Bonchev–Trinajstić information content (AvgIpc) is 3.21. The van der Waals surface area contributed by atoms with Crippen molar-refractivity contribution in [1.29, 1.82) is 0 Å². The van der Waals surface area contributed by atoms with Crippen molar-refractivity contribution in [2.24, 2.45) is 5.92 Å². The average molecular weight is 442 g/mol. The van der Waals surface area contributed by atoms with Gasteiger partial charge in [-0.3, -0.25) is 9.69 Å². The van der Waals surface area contributed by atoms with Gasteiger partial charge >= 0.3 is 0 Å². The van der Waals surface area contributed by atoms with Crippen molar-refractivity contribution in [2.75, 3.05) is 26.2 Å². The molecule has 2 saturated heterocycles. The lowest BCUT2D eigenvalue weighted by atomic mass is 10.0. The summed E-state index contributed by atoms with van der Waals surface area (Å²) >= 11 is 0. The van der Waals surface area contributed by atoms with Crippen LogP contribution in [0.5, 0.6) is 0 Å². The Bertz CT molecular complexity index is 984. The molecule has 6 nitrogen and oxygen atoms in total. The molecule has 4 rings (SSSR count). The molecule has 2 aromatic carbocycles. The van der Waals surface area contributed by atoms with Crippen molar-refractivity contribution in [3.8, 4) is 0 Å². The molecule has 31 heavy (non-hydrogen) atoms. The minimum Gasteiger partial charge on any atom is -0.348 e. The molecule has 0 radical (unpaired) electrons. The van der Waals surface area contributed by atoms with Crippen molar-refractivity contribution >= 4 is 15.9 Å². The highest BCUT2D eigenvalue weighted by atomic mass is 32.2. The smallest absolute Gasteiger partial charge is 0.251 e. The molecule has 0 saturated carbocycles. The van der Waals surface area contributed by atoms with Crippen LogP contribution in [0.25, 0.3) is 0 Å². The highest BCUT2D eigenvalue weighted by molar-refractivity contribution is 7.89. The second-order valence-electron chi connectivity index (χ2n) is 8.79. The molecular formula is C24H31N3O3S. The summed E-state index contributed by atoms with van der Waals surface area (Å²) in [6, 6.07) is 16.8. The summed E-state index contributed by atoms with van der Waals surface area (Å²) in [6.45, 7) is 5.93. The third-order valence-corrected chi connectivity index (χ3v) is 8.27. The predicted molar refractivity (Wildman–Crippen MR) is 121 cm³/mol. The van der Waals surface area contributed by atoms with Gasteiger partial charge in [-0.2, -0.15) is 4.31 Å². The van der Waals surface area contributed by atoms with E-state index in [1.54, 1.807) is 28.6 Å². The van der Waals surface area contributed by atoms with Crippen molar-refractivity contribution in [1.82, 2.24) is 14.5 Å². The molecular weight excluding hydrogens is 410 g/mol. The topological polar surface area (TPSA) is 69.7 Å². The van der Waals surface area contributed by atoms with Gasteiger partial charge in [-0.25, -0.2) is 8.42 Å². The Balaban J connectivity index is 1.32. The SMILES string of the molecule is CC1CCN(S(=O)(=O)c2ccc(C(=O)NC3CCN(Cc4ccccc4)C3)cc2)CC1. The van der Waals surface area contributed by atoms with E-state index >= 15 is 0 Å². The maximum atomic E-state index is 12.9. The summed E-state index contributed by atoms with van der Waals surface area (Å²) in [4.78, 5) is 15.3. The minimum absolute atomic E-state index is 0.106. The van der Waals surface area contributed by atoms with Crippen molar-refractivity contribution in [2.45, 2.75) is 43.7 Å². The Morgan fingerprint density at radius 1 is 0.968 bits per heavy atom. The van der Waals surface area contributed by atoms with E-state index in [0.29, 0.717) is 24.6 Å². The summed E-state index contributed by atoms with van der Waals surface area (Å²) < 4.78 is 27.3. The first kappa shape index (κ1) is 22.0. The summed E-state index contributed by atoms with van der Waals surface area (Å²) in [5.74, 6) is 0.416. The lowest BCUT2D eigenvalue weighted by Crippen LogP contribution is -2.38. The van der Waals surface area contributed by atoms with Gasteiger partial charge in [0.1, 0.15) is 0 Å². The monoisotopic (exact) mass is 441 g/mol. The number of sulfonamides is 1. The highest BCUT2D eigenvalue weighted by Gasteiger charge is 2.28. The maximum absolute atomic E-state index is 12.9. The van der Waals surface area contributed by atoms with Gasteiger partial charge < -0.3 is 5.32 Å². The molecule has 1 N–H and O–H groups in total. The number of hydrogen-bond donors (Lipinski definition) is 1. The van der Waals surface area contributed by atoms with Gasteiger partial charge in [-0.1, -0.05) is 37.3 Å². The van der Waals surface area contributed by atoms with Crippen LogP contribution in [-0.4, -0.2) is 55.8 Å². The molecule has 2 aliphatic heterocycles. The number of nitrogens with one attached hydrogen (secondary N) is 1. The predicted octanol–water partition coefficient (Wildman–Crippen LogP) is 3.11. The van der Waals surface area contributed by atoms with E-state index in [1.807, 2.05) is 18.2 Å². The summed E-state index contributed by atoms with van der Waals surface area (Å²) in [7, 11) is -3.49. The fraction of sp³-hybridized carbons (Fsp3) is 0.458. The van der Waals surface area contributed by atoms with E-state index in [4.69, 9.17) is 0 Å². The number of hydrogen-bond acceptors (Lipinski definition) is 4. The Hall–Kier alpha value is -2.22. The second kappa shape index (κ2) is 9.51. The maximum Gasteiger partial charge on any atom is 0.251 e. The number of carbonyl (C=O) groups is 1. The fourth-order valence-corrected chi connectivity index (χ4v) is 5.83. The zero-order chi connectivity index (χ0) is 21.8. The molecule has 7 heteroatoms. The van der Waals surface area contributed by atoms with Crippen LogP contribution >= 0.6 is 0 Å². The highest BCUT2D eigenvalue weighted by Crippen LogP contribution is 2.23. The second-order valence-corrected chi connectivity index (χ2v) is 10.7. The number of amides is 1. The van der Waals surface area contributed by atoms with Crippen molar-refractivity contribution < 1.29 is 13.2 Å². The van der Waals surface area contributed by atoms with E-state index < -0.39 is 10.0 Å². The molecule has 0 aliphatic carbocycles. The number of nitrogens with zero attached hydrogens (tertiary/aromatic N) is 2. The molecule has 1 unspecified atom stereocenters. The van der Waals surface area contributed by atoms with Gasteiger partial charge in [0.25, 0.3) is 5.91 Å². The lowest BCUT2D eigenvalue weighted by Gasteiger charge is -2.29. The summed E-state index contributed by atoms with van der Waals surface area (Å²) in [5.41, 5.74) is 1.77. The van der Waals surface area contributed by atoms with Crippen LogP contribution in [0.3, 0.4) is 0 Å². The number of carbonyl (C=O) groups excluding carboxylic acids is 1. The quantitative estimate of drug-likeness (QED) is 0.748. The Labute approximate surface area is 185 Å². The standard InChI is InChI=1S/C24H31N3O3S/c1-19-11-15-27(16-12-19)31(29,30)23-9-7-21(8-10-23)24(28)25-22-13-14-26(18-22)17-20-5-3-2-4-6-20/h2-10,19,22H,11-18H2,1H3,(H,25,28). The van der Waals surface area contributed by atoms with Crippen LogP contribution in [-0.2, 0) is 16.6 Å². The molecule has 2 fully saturated rings. The Kier molecular flexibility index (Phi) is 6.74. The number of rotatable bonds is 6. The molecule has 1 atom stereocenters. The zero-order valence-corrected chi connectivity index (χ0v) is 18.9. The third-order valence-electron chi connectivity index (χ3n) is 6.35. The van der Waals surface area contributed by atoms with Crippen LogP contribution < -0.4 is 5.32 Å². The van der Waals surface area contributed by atoms with E-state index in [-0.39, 0.29) is 16.8 Å². The fourth-order valence-electron chi connectivity index (χ4n) is 4.36. The Morgan fingerprint density at radius 2 is 1.65 bits per heavy atom. The van der Waals surface area contributed by atoms with Crippen LogP contribution in [0.1, 0.15) is 42.1 Å². The lowest BCUT2D eigenvalue weighted by molar-refractivity contribution is 0.0937. The number of piperidine rings is 1. The largest absolute Gasteiger partial charge is 0.348 e. The molecule has 1 amide bonds. The molecule has 2 aliphatic rings. The van der Waals surface area contributed by atoms with Gasteiger partial charge in [0.15, 0.2) is 0 Å². The van der Waals surface area contributed by atoms with Crippen LogP contribution in [0.15, 0.2) is 59.5 Å². The first-order chi connectivity index (χ1) is 14.9. The number of benzene rings is 2. The van der Waals surface area contributed by atoms with Gasteiger partial charge in [-0.05, 0) is 55.0 Å². The summed E-state index contributed by atoms with van der Waals surface area (Å²) in [5, 5.41) is 3.10. The van der Waals surface area contributed by atoms with Gasteiger partial charge in [0.2, 0.25) is 10.0 Å². The zero-order valence-electron chi connectivity index (χ0n) is 18.0. The summed E-state index contributed by atoms with van der Waals surface area (Å²) in [6.07, 6.45) is 2.70. The molecule has 0 aromatic heterocycles. The molecule has 0 bridgehead atoms. The first-order valence-electron chi connectivity index (χ1n) is 11.1. The molecule has 166 valence electrons. The minimum atomic E-state index is -3.49. The van der Waals surface area contributed by atoms with Crippen LogP contribution in [0, 0.1) is 5.92 Å². The normalized spacial score (nSPS) is 21.3. The number of likely N-dealkylation sites (tertiary alicyclic amines) is 1. The Morgan fingerprint density at radius 3 is 2.32 bits per heavy atom. The van der Waals surface area contributed by atoms with E-state index in [2.05, 4.69) is 29.3 Å². The van der Waals surface area contributed by atoms with Gasteiger partial charge in [0.05, 0.1) is 4.90 Å². The van der Waals surface area contributed by atoms with Gasteiger partial charge in [-0.15, -0.1) is 0 Å². The third kappa shape index (κ3) is 5.34. The molecule has 2 aromatic rings. The van der Waals surface area contributed by atoms with Crippen molar-refractivity contribution in [3.63, 3.8) is 0 Å². The van der Waals surface area contributed by atoms with Crippen LogP contribution in [0.2, 0.25) is 0 Å². The van der Waals surface area contributed by atoms with Crippen LogP contribution in [0.4, 0.5) is 0 Å².